The maximum atomic E-state index is 12.5. The molecule has 1 N–H and O–H groups in total. The lowest BCUT2D eigenvalue weighted by atomic mass is 10.2. The summed E-state index contributed by atoms with van der Waals surface area (Å²) >= 11 is 18.2. The Kier molecular flexibility index (Phi) is 5.55. The van der Waals surface area contributed by atoms with Gasteiger partial charge in [-0.2, -0.15) is 10.2 Å². The van der Waals surface area contributed by atoms with E-state index in [-0.39, 0.29) is 5.91 Å². The van der Waals surface area contributed by atoms with Crippen LogP contribution < -0.4 is 5.32 Å². The van der Waals surface area contributed by atoms with Crippen LogP contribution in [0.5, 0.6) is 0 Å². The van der Waals surface area contributed by atoms with Crippen molar-refractivity contribution in [3.05, 3.63) is 62.5 Å². The van der Waals surface area contributed by atoms with Gasteiger partial charge in [0.25, 0.3) is 5.91 Å². The molecule has 0 saturated carbocycles. The van der Waals surface area contributed by atoms with E-state index in [4.69, 9.17) is 34.8 Å². The minimum absolute atomic E-state index is 0.292. The van der Waals surface area contributed by atoms with Gasteiger partial charge in [0.15, 0.2) is 5.82 Å². The summed E-state index contributed by atoms with van der Waals surface area (Å²) in [4.78, 5) is 12.5. The number of nitrogens with zero attached hydrogens (tertiary/aromatic N) is 4. The minimum atomic E-state index is -0.302. The number of nitrogens with one attached hydrogen (secondary N) is 1. The zero-order valence-electron chi connectivity index (χ0n) is 14.1. The minimum Gasteiger partial charge on any atom is -0.304 e. The molecule has 1 aromatic carbocycles. The summed E-state index contributed by atoms with van der Waals surface area (Å²) in [5, 5.41) is 12.6. The molecule has 0 radical (unpaired) electrons. The average Bonchev–Trinajstić information content (AvgIpc) is 3.13. The van der Waals surface area contributed by atoms with Crippen LogP contribution in [0.4, 0.5) is 5.82 Å². The largest absolute Gasteiger partial charge is 0.304 e. The Labute approximate surface area is 165 Å². The van der Waals surface area contributed by atoms with Gasteiger partial charge in [-0.05, 0) is 31.5 Å². The topological polar surface area (TPSA) is 64.7 Å². The molecule has 0 aliphatic rings. The second kappa shape index (κ2) is 7.70. The zero-order valence-corrected chi connectivity index (χ0v) is 16.4. The average molecular weight is 413 g/mol. The van der Waals surface area contributed by atoms with E-state index in [9.17, 15) is 4.79 Å². The summed E-state index contributed by atoms with van der Waals surface area (Å²) in [5.41, 5.74) is 2.05. The van der Waals surface area contributed by atoms with Crippen LogP contribution in [0.3, 0.4) is 0 Å². The summed E-state index contributed by atoms with van der Waals surface area (Å²) in [6.07, 6.45) is 3.34. The number of hydrogen-bond donors (Lipinski definition) is 1. The Morgan fingerprint density at radius 1 is 1.08 bits per heavy atom. The first-order valence-electron chi connectivity index (χ1n) is 7.89. The van der Waals surface area contributed by atoms with Gasteiger partial charge in [-0.25, -0.2) is 0 Å². The fourth-order valence-corrected chi connectivity index (χ4v) is 2.98. The molecule has 2 aromatic heterocycles. The number of benzene rings is 1. The smallest absolute Gasteiger partial charge is 0.260 e. The van der Waals surface area contributed by atoms with Gasteiger partial charge in [0.1, 0.15) is 5.02 Å². The summed E-state index contributed by atoms with van der Waals surface area (Å²) < 4.78 is 3.33. The number of hydrogen-bond acceptors (Lipinski definition) is 3. The fraction of sp³-hybridized carbons (Fsp3) is 0.235. The lowest BCUT2D eigenvalue weighted by Gasteiger charge is -2.04. The summed E-state index contributed by atoms with van der Waals surface area (Å²) in [5.74, 6) is -0.00994. The first-order valence-corrected chi connectivity index (χ1v) is 9.03. The van der Waals surface area contributed by atoms with Gasteiger partial charge in [0.2, 0.25) is 0 Å². The van der Waals surface area contributed by atoms with Gasteiger partial charge in [0, 0.05) is 18.9 Å². The Bertz CT molecular complexity index is 963. The Morgan fingerprint density at radius 2 is 1.85 bits per heavy atom. The molecule has 3 aromatic rings. The normalized spacial score (nSPS) is 11.0. The first-order chi connectivity index (χ1) is 12.4. The SMILES string of the molecule is CCn1cc(C(=O)Nc2nn(Cc3ccc(Cl)c(Cl)c3)cc2Cl)c(C)n1. The molecule has 0 aliphatic heterocycles. The van der Waals surface area contributed by atoms with E-state index in [1.807, 2.05) is 13.0 Å². The van der Waals surface area contributed by atoms with E-state index in [0.717, 1.165) is 5.56 Å². The molecule has 0 saturated heterocycles. The van der Waals surface area contributed by atoms with Crippen molar-refractivity contribution < 1.29 is 4.79 Å². The van der Waals surface area contributed by atoms with E-state index >= 15 is 0 Å². The van der Waals surface area contributed by atoms with Crippen molar-refractivity contribution in [3.63, 3.8) is 0 Å². The van der Waals surface area contributed by atoms with Crippen LogP contribution in [0.2, 0.25) is 15.1 Å². The second-order valence-electron chi connectivity index (χ2n) is 5.71. The van der Waals surface area contributed by atoms with E-state index in [2.05, 4.69) is 15.5 Å². The molecule has 136 valence electrons. The van der Waals surface area contributed by atoms with Crippen molar-refractivity contribution >= 4 is 46.5 Å². The second-order valence-corrected chi connectivity index (χ2v) is 6.93. The van der Waals surface area contributed by atoms with Crippen molar-refractivity contribution in [3.8, 4) is 0 Å². The molecule has 6 nitrogen and oxygen atoms in total. The molecule has 0 atom stereocenters. The predicted molar refractivity (Wildman–Crippen MR) is 103 cm³/mol. The fourth-order valence-electron chi connectivity index (χ4n) is 2.47. The van der Waals surface area contributed by atoms with E-state index in [1.54, 1.807) is 40.8 Å². The number of carbonyl (C=O) groups is 1. The van der Waals surface area contributed by atoms with E-state index in [1.165, 1.54) is 0 Å². The van der Waals surface area contributed by atoms with Crippen molar-refractivity contribution in [1.82, 2.24) is 19.6 Å². The van der Waals surface area contributed by atoms with Crippen LogP contribution in [0.15, 0.2) is 30.6 Å². The van der Waals surface area contributed by atoms with Gasteiger partial charge in [0.05, 0.1) is 27.8 Å². The summed E-state index contributed by atoms with van der Waals surface area (Å²) in [6.45, 7) is 4.87. The highest BCUT2D eigenvalue weighted by atomic mass is 35.5. The number of aryl methyl sites for hydroxylation is 2. The zero-order chi connectivity index (χ0) is 18.8. The quantitative estimate of drug-likeness (QED) is 0.662. The standard InChI is InChI=1S/C17H16Cl3N5O/c1-3-24-8-12(10(2)22-24)17(26)21-16-15(20)9-25(23-16)7-11-4-5-13(18)14(19)6-11/h4-6,8-9H,3,7H2,1-2H3,(H,21,23,26). The number of rotatable bonds is 5. The molecule has 0 spiro atoms. The number of anilines is 1. The molecule has 9 heteroatoms. The predicted octanol–water partition coefficient (Wildman–Crippen LogP) is 4.67. The molecule has 0 unspecified atom stereocenters. The van der Waals surface area contributed by atoms with Crippen molar-refractivity contribution in [2.75, 3.05) is 5.32 Å². The van der Waals surface area contributed by atoms with Gasteiger partial charge < -0.3 is 5.32 Å². The molecule has 0 bridgehead atoms. The summed E-state index contributed by atoms with van der Waals surface area (Å²) in [6, 6.07) is 5.34. The van der Waals surface area contributed by atoms with Crippen LogP contribution in [-0.2, 0) is 13.1 Å². The molecular formula is C17H16Cl3N5O. The number of halogens is 3. The van der Waals surface area contributed by atoms with Crippen LogP contribution >= 0.6 is 34.8 Å². The summed E-state index contributed by atoms with van der Waals surface area (Å²) in [7, 11) is 0. The highest BCUT2D eigenvalue weighted by molar-refractivity contribution is 6.42. The molecular weight excluding hydrogens is 397 g/mol. The number of aromatic nitrogens is 4. The number of amides is 1. The van der Waals surface area contributed by atoms with Gasteiger partial charge in [-0.3, -0.25) is 14.2 Å². The van der Waals surface area contributed by atoms with E-state index < -0.39 is 0 Å². The molecule has 2 heterocycles. The van der Waals surface area contributed by atoms with E-state index in [0.29, 0.717) is 45.2 Å². The first kappa shape index (κ1) is 18.8. The Hall–Kier alpha value is -2.02. The highest BCUT2D eigenvalue weighted by Crippen LogP contribution is 2.25. The third kappa shape index (κ3) is 4.03. The van der Waals surface area contributed by atoms with Crippen LogP contribution in [0, 0.1) is 6.92 Å². The lowest BCUT2D eigenvalue weighted by Crippen LogP contribution is -2.13. The van der Waals surface area contributed by atoms with Gasteiger partial charge in [-0.1, -0.05) is 40.9 Å². The monoisotopic (exact) mass is 411 g/mol. The molecule has 1 amide bonds. The van der Waals surface area contributed by atoms with Crippen LogP contribution in [0.25, 0.3) is 0 Å². The maximum Gasteiger partial charge on any atom is 0.260 e. The third-order valence-electron chi connectivity index (χ3n) is 3.79. The van der Waals surface area contributed by atoms with Crippen molar-refractivity contribution in [1.29, 1.82) is 0 Å². The molecule has 0 fully saturated rings. The molecule has 26 heavy (non-hydrogen) atoms. The highest BCUT2D eigenvalue weighted by Gasteiger charge is 2.17. The van der Waals surface area contributed by atoms with Gasteiger partial charge >= 0.3 is 0 Å². The molecule has 3 rings (SSSR count). The maximum absolute atomic E-state index is 12.5. The van der Waals surface area contributed by atoms with Crippen LogP contribution in [0.1, 0.15) is 28.5 Å². The molecule has 0 aliphatic carbocycles. The van der Waals surface area contributed by atoms with Crippen LogP contribution in [-0.4, -0.2) is 25.5 Å². The number of carbonyl (C=O) groups excluding carboxylic acids is 1. The van der Waals surface area contributed by atoms with Crippen molar-refractivity contribution in [2.24, 2.45) is 0 Å². The Morgan fingerprint density at radius 3 is 2.50 bits per heavy atom. The lowest BCUT2D eigenvalue weighted by molar-refractivity contribution is 0.102. The Balaban J connectivity index is 1.76. The van der Waals surface area contributed by atoms with Crippen molar-refractivity contribution in [2.45, 2.75) is 26.9 Å². The third-order valence-corrected chi connectivity index (χ3v) is 4.81. The van der Waals surface area contributed by atoms with Gasteiger partial charge in [-0.15, -0.1) is 0 Å².